The lowest BCUT2D eigenvalue weighted by Crippen LogP contribution is -2.57. The zero-order valence-corrected chi connectivity index (χ0v) is 15.5. The van der Waals surface area contributed by atoms with Gasteiger partial charge in [-0.2, -0.15) is 4.31 Å². The molecule has 0 radical (unpaired) electrons. The first kappa shape index (κ1) is 17.6. The van der Waals surface area contributed by atoms with Crippen molar-refractivity contribution in [2.24, 2.45) is 0 Å². The molecule has 0 N–H and O–H groups in total. The first-order valence-electron chi connectivity index (χ1n) is 8.27. The van der Waals surface area contributed by atoms with E-state index < -0.39 is 16.1 Å². The van der Waals surface area contributed by atoms with E-state index in [2.05, 4.69) is 0 Å². The fourth-order valence-corrected chi connectivity index (χ4v) is 4.87. The van der Waals surface area contributed by atoms with Gasteiger partial charge in [-0.3, -0.25) is 4.79 Å². The second-order valence-corrected chi connectivity index (χ2v) is 8.33. The zero-order valence-electron chi connectivity index (χ0n) is 14.6. The van der Waals surface area contributed by atoms with Crippen molar-refractivity contribution >= 4 is 21.6 Å². The monoisotopic (exact) mass is 358 g/mol. The second-order valence-electron chi connectivity index (χ2n) is 6.44. The summed E-state index contributed by atoms with van der Waals surface area (Å²) in [5.41, 5.74) is 2.98. The average molecular weight is 358 g/mol. The van der Waals surface area contributed by atoms with Crippen LogP contribution in [0.2, 0.25) is 0 Å². The van der Waals surface area contributed by atoms with Crippen LogP contribution in [0.15, 0.2) is 53.4 Å². The number of piperazine rings is 1. The van der Waals surface area contributed by atoms with Gasteiger partial charge in [0.25, 0.3) is 0 Å². The summed E-state index contributed by atoms with van der Waals surface area (Å²) in [6, 6.07) is 13.5. The molecule has 0 bridgehead atoms. The molecular formula is C19H22N2O3S. The molecule has 0 aliphatic carbocycles. The van der Waals surface area contributed by atoms with Gasteiger partial charge in [-0.15, -0.1) is 0 Å². The quantitative estimate of drug-likeness (QED) is 0.848. The number of anilines is 1. The van der Waals surface area contributed by atoms with Crippen LogP contribution in [-0.4, -0.2) is 37.8 Å². The summed E-state index contributed by atoms with van der Waals surface area (Å²) in [5.74, 6) is -0.198. The number of aryl methyl sites for hydroxylation is 2. The van der Waals surface area contributed by atoms with Gasteiger partial charge in [0.2, 0.25) is 15.9 Å². The summed E-state index contributed by atoms with van der Waals surface area (Å²) in [6.07, 6.45) is 0. The molecular weight excluding hydrogens is 336 g/mol. The summed E-state index contributed by atoms with van der Waals surface area (Å²) in [5, 5.41) is 0. The number of benzene rings is 2. The number of sulfonamides is 1. The van der Waals surface area contributed by atoms with Crippen LogP contribution in [0.5, 0.6) is 0 Å². The van der Waals surface area contributed by atoms with Crippen LogP contribution in [0.1, 0.15) is 18.1 Å². The minimum atomic E-state index is -3.68. The maximum absolute atomic E-state index is 12.9. The van der Waals surface area contributed by atoms with Crippen LogP contribution in [0.4, 0.5) is 5.69 Å². The van der Waals surface area contributed by atoms with Crippen LogP contribution in [0.25, 0.3) is 0 Å². The van der Waals surface area contributed by atoms with E-state index in [0.717, 1.165) is 16.8 Å². The molecule has 2 aromatic carbocycles. The van der Waals surface area contributed by atoms with Crippen molar-refractivity contribution in [3.05, 3.63) is 59.7 Å². The summed E-state index contributed by atoms with van der Waals surface area (Å²) in [7, 11) is -3.68. The smallest absolute Gasteiger partial charge is 0.245 e. The van der Waals surface area contributed by atoms with Crippen molar-refractivity contribution in [2.75, 3.05) is 18.0 Å². The van der Waals surface area contributed by atoms with Gasteiger partial charge in [0.05, 0.1) is 4.90 Å². The number of hydrogen-bond donors (Lipinski definition) is 0. The highest BCUT2D eigenvalue weighted by atomic mass is 32.2. The molecule has 1 fully saturated rings. The Balaban J connectivity index is 1.89. The molecule has 1 aliphatic heterocycles. The highest BCUT2D eigenvalue weighted by Gasteiger charge is 2.39. The predicted molar refractivity (Wildman–Crippen MR) is 98.1 cm³/mol. The third-order valence-corrected chi connectivity index (χ3v) is 6.45. The number of hydrogen-bond acceptors (Lipinski definition) is 3. The first-order valence-corrected chi connectivity index (χ1v) is 9.71. The van der Waals surface area contributed by atoms with E-state index in [1.54, 1.807) is 42.2 Å². The summed E-state index contributed by atoms with van der Waals surface area (Å²) in [6.45, 7) is 6.24. The Morgan fingerprint density at radius 3 is 2.16 bits per heavy atom. The average Bonchev–Trinajstić information content (AvgIpc) is 2.57. The van der Waals surface area contributed by atoms with E-state index in [1.807, 2.05) is 32.0 Å². The van der Waals surface area contributed by atoms with Gasteiger partial charge < -0.3 is 4.90 Å². The molecule has 1 unspecified atom stereocenters. The van der Waals surface area contributed by atoms with E-state index in [1.165, 1.54) is 4.31 Å². The molecule has 3 rings (SSSR count). The van der Waals surface area contributed by atoms with Gasteiger partial charge >= 0.3 is 0 Å². The van der Waals surface area contributed by atoms with E-state index in [-0.39, 0.29) is 17.3 Å². The summed E-state index contributed by atoms with van der Waals surface area (Å²) >= 11 is 0. The lowest BCUT2D eigenvalue weighted by atomic mass is 10.1. The summed E-state index contributed by atoms with van der Waals surface area (Å²) in [4.78, 5) is 14.8. The number of amides is 1. The Kier molecular flexibility index (Phi) is 4.67. The van der Waals surface area contributed by atoms with E-state index in [4.69, 9.17) is 0 Å². The molecule has 5 nitrogen and oxygen atoms in total. The Labute approximate surface area is 148 Å². The zero-order chi connectivity index (χ0) is 18.2. The van der Waals surface area contributed by atoms with Gasteiger partial charge in [0.15, 0.2) is 0 Å². The minimum Gasteiger partial charge on any atom is -0.310 e. The molecule has 6 heteroatoms. The topological polar surface area (TPSA) is 57.7 Å². The fourth-order valence-electron chi connectivity index (χ4n) is 3.27. The second kappa shape index (κ2) is 6.61. The van der Waals surface area contributed by atoms with Gasteiger partial charge in [-0.05, 0) is 56.2 Å². The van der Waals surface area contributed by atoms with Gasteiger partial charge in [0, 0.05) is 18.8 Å². The largest absolute Gasteiger partial charge is 0.310 e. The van der Waals surface area contributed by atoms with Crippen molar-refractivity contribution in [1.82, 2.24) is 4.31 Å². The standard InChI is InChI=1S/C19H22N2O3S/c1-14-11-15(2)13-17(12-14)20-9-10-21(16(3)19(20)22)25(23,24)18-7-5-4-6-8-18/h4-8,11-13,16H,9-10H2,1-3H3. The molecule has 1 atom stereocenters. The molecule has 132 valence electrons. The number of carbonyl (C=O) groups excluding carboxylic acids is 1. The molecule has 0 saturated carbocycles. The predicted octanol–water partition coefficient (Wildman–Crippen LogP) is 2.73. The lowest BCUT2D eigenvalue weighted by Gasteiger charge is -2.38. The fraction of sp³-hybridized carbons (Fsp3) is 0.316. The van der Waals surface area contributed by atoms with Crippen LogP contribution < -0.4 is 4.90 Å². The van der Waals surface area contributed by atoms with Crippen molar-refractivity contribution in [3.8, 4) is 0 Å². The molecule has 0 aromatic heterocycles. The Morgan fingerprint density at radius 2 is 1.56 bits per heavy atom. The normalized spacial score (nSPS) is 19.2. The van der Waals surface area contributed by atoms with Crippen LogP contribution in [0, 0.1) is 13.8 Å². The maximum atomic E-state index is 12.9. The molecule has 2 aromatic rings. The van der Waals surface area contributed by atoms with Crippen LogP contribution in [-0.2, 0) is 14.8 Å². The van der Waals surface area contributed by atoms with E-state index in [0.29, 0.717) is 6.54 Å². The Morgan fingerprint density at radius 1 is 0.960 bits per heavy atom. The van der Waals surface area contributed by atoms with E-state index in [9.17, 15) is 13.2 Å². The third kappa shape index (κ3) is 3.32. The van der Waals surface area contributed by atoms with Gasteiger partial charge in [-0.25, -0.2) is 8.42 Å². The third-order valence-electron chi connectivity index (χ3n) is 4.47. The molecule has 1 heterocycles. The molecule has 1 amide bonds. The SMILES string of the molecule is Cc1cc(C)cc(N2CCN(S(=O)(=O)c3ccccc3)C(C)C2=O)c1. The molecule has 25 heavy (non-hydrogen) atoms. The van der Waals surface area contributed by atoms with Crippen molar-refractivity contribution in [3.63, 3.8) is 0 Å². The Hall–Kier alpha value is -2.18. The molecule has 1 saturated heterocycles. The lowest BCUT2D eigenvalue weighted by molar-refractivity contribution is -0.123. The van der Waals surface area contributed by atoms with E-state index >= 15 is 0 Å². The summed E-state index contributed by atoms with van der Waals surface area (Å²) < 4.78 is 27.0. The van der Waals surface area contributed by atoms with Crippen molar-refractivity contribution < 1.29 is 13.2 Å². The number of rotatable bonds is 3. The minimum absolute atomic E-state index is 0.198. The van der Waals surface area contributed by atoms with Crippen molar-refractivity contribution in [1.29, 1.82) is 0 Å². The maximum Gasteiger partial charge on any atom is 0.245 e. The molecule has 1 aliphatic rings. The molecule has 0 spiro atoms. The Bertz CT molecular complexity index is 874. The highest BCUT2D eigenvalue weighted by Crippen LogP contribution is 2.26. The van der Waals surface area contributed by atoms with Crippen molar-refractivity contribution in [2.45, 2.75) is 31.7 Å². The van der Waals surface area contributed by atoms with Crippen LogP contribution >= 0.6 is 0 Å². The van der Waals surface area contributed by atoms with Gasteiger partial charge in [0.1, 0.15) is 6.04 Å². The highest BCUT2D eigenvalue weighted by molar-refractivity contribution is 7.89. The first-order chi connectivity index (χ1) is 11.8. The number of nitrogens with zero attached hydrogens (tertiary/aromatic N) is 2. The number of carbonyl (C=O) groups is 1. The van der Waals surface area contributed by atoms with Crippen LogP contribution in [0.3, 0.4) is 0 Å². The van der Waals surface area contributed by atoms with Gasteiger partial charge in [-0.1, -0.05) is 24.3 Å².